The third kappa shape index (κ3) is 1.71. The van der Waals surface area contributed by atoms with E-state index in [4.69, 9.17) is 0 Å². The summed E-state index contributed by atoms with van der Waals surface area (Å²) in [6, 6.07) is 1.72. The van der Waals surface area contributed by atoms with Crippen LogP contribution in [-0.2, 0) is 11.3 Å². The molecule has 5 nitrogen and oxygen atoms in total. The summed E-state index contributed by atoms with van der Waals surface area (Å²) in [7, 11) is 0. The van der Waals surface area contributed by atoms with Gasteiger partial charge in [0, 0.05) is 4.88 Å². The Morgan fingerprint density at radius 1 is 1.50 bits per heavy atom. The van der Waals surface area contributed by atoms with Crippen LogP contribution in [0, 0.1) is 6.92 Å². The molecular formula is C10H10N2O3S. The number of hydrogen-bond acceptors (Lipinski definition) is 4. The number of carbonyl (C=O) groups is 1. The first kappa shape index (κ1) is 10.8. The van der Waals surface area contributed by atoms with Crippen LogP contribution in [0.25, 0.3) is 10.2 Å². The minimum absolute atomic E-state index is 0.182. The van der Waals surface area contributed by atoms with E-state index in [1.165, 1.54) is 18.3 Å². The fraction of sp³-hybridized carbons (Fsp3) is 0.300. The van der Waals surface area contributed by atoms with Crippen molar-refractivity contribution in [2.24, 2.45) is 0 Å². The lowest BCUT2D eigenvalue weighted by molar-refractivity contribution is -0.117. The van der Waals surface area contributed by atoms with E-state index in [1.54, 1.807) is 6.07 Å². The van der Waals surface area contributed by atoms with Crippen LogP contribution in [0.3, 0.4) is 0 Å². The minimum atomic E-state index is -0.533. The number of nitrogens with zero attached hydrogens (tertiary/aromatic N) is 1. The van der Waals surface area contributed by atoms with Crippen molar-refractivity contribution in [3.63, 3.8) is 0 Å². The van der Waals surface area contributed by atoms with Gasteiger partial charge in [-0.25, -0.2) is 4.79 Å². The van der Waals surface area contributed by atoms with Gasteiger partial charge in [-0.05, 0) is 19.9 Å². The number of aromatic nitrogens is 2. The van der Waals surface area contributed by atoms with Gasteiger partial charge in [0.05, 0.1) is 11.9 Å². The second-order valence-electron chi connectivity index (χ2n) is 3.62. The quantitative estimate of drug-likeness (QED) is 0.834. The van der Waals surface area contributed by atoms with Crippen molar-refractivity contribution in [1.29, 1.82) is 0 Å². The second-order valence-corrected chi connectivity index (χ2v) is 4.88. The van der Waals surface area contributed by atoms with Gasteiger partial charge >= 0.3 is 5.69 Å². The Morgan fingerprint density at radius 3 is 2.81 bits per heavy atom. The lowest BCUT2D eigenvalue weighted by Crippen LogP contribution is -2.36. The molecule has 6 heteroatoms. The molecule has 84 valence electrons. The van der Waals surface area contributed by atoms with E-state index >= 15 is 0 Å². The standard InChI is InChI=1S/C10H10N2O3S/c1-5(13)4-12-9(14)7-3-6(2)16-8(7)11-10(12)15/h3H,4H2,1-2H3,(H,11,15). The van der Waals surface area contributed by atoms with Crippen molar-refractivity contribution in [2.75, 3.05) is 0 Å². The zero-order chi connectivity index (χ0) is 11.9. The fourth-order valence-electron chi connectivity index (χ4n) is 1.53. The molecular weight excluding hydrogens is 228 g/mol. The van der Waals surface area contributed by atoms with Gasteiger partial charge in [0.15, 0.2) is 0 Å². The molecule has 0 saturated heterocycles. The maximum Gasteiger partial charge on any atom is 0.329 e. The third-order valence-corrected chi connectivity index (χ3v) is 3.14. The highest BCUT2D eigenvalue weighted by Crippen LogP contribution is 2.18. The van der Waals surface area contributed by atoms with Crippen LogP contribution in [0.1, 0.15) is 11.8 Å². The Hall–Kier alpha value is -1.69. The number of rotatable bonds is 2. The average molecular weight is 238 g/mol. The fourth-order valence-corrected chi connectivity index (χ4v) is 2.43. The largest absolute Gasteiger partial charge is 0.329 e. The molecule has 0 amide bonds. The summed E-state index contributed by atoms with van der Waals surface area (Å²) < 4.78 is 0.927. The minimum Gasteiger partial charge on any atom is -0.298 e. The molecule has 2 aromatic rings. The molecule has 0 unspecified atom stereocenters. The highest BCUT2D eigenvalue weighted by atomic mass is 32.1. The van der Waals surface area contributed by atoms with Gasteiger partial charge in [0.2, 0.25) is 0 Å². The number of aromatic amines is 1. The van der Waals surface area contributed by atoms with Crippen molar-refractivity contribution in [3.8, 4) is 0 Å². The maximum atomic E-state index is 11.9. The maximum absolute atomic E-state index is 11.9. The van der Waals surface area contributed by atoms with Crippen molar-refractivity contribution < 1.29 is 4.79 Å². The number of Topliss-reactive ketones (excluding diaryl/α,β-unsaturated/α-hetero) is 1. The molecule has 0 spiro atoms. The van der Waals surface area contributed by atoms with Crippen LogP contribution in [0.15, 0.2) is 15.7 Å². The van der Waals surface area contributed by atoms with Gasteiger partial charge in [-0.3, -0.25) is 19.1 Å². The van der Waals surface area contributed by atoms with Crippen LogP contribution in [0.5, 0.6) is 0 Å². The highest BCUT2D eigenvalue weighted by molar-refractivity contribution is 7.18. The number of fused-ring (bicyclic) bond motifs is 1. The molecule has 0 atom stereocenters. The molecule has 2 aromatic heterocycles. The summed E-state index contributed by atoms with van der Waals surface area (Å²) in [5.74, 6) is -0.223. The molecule has 0 aromatic carbocycles. The van der Waals surface area contributed by atoms with Crippen molar-refractivity contribution >= 4 is 27.3 Å². The summed E-state index contributed by atoms with van der Waals surface area (Å²) >= 11 is 1.35. The molecule has 0 aliphatic carbocycles. The van der Waals surface area contributed by atoms with E-state index in [0.29, 0.717) is 10.2 Å². The summed E-state index contributed by atoms with van der Waals surface area (Å²) in [4.78, 5) is 38.5. The first-order valence-corrected chi connectivity index (χ1v) is 5.53. The zero-order valence-electron chi connectivity index (χ0n) is 8.86. The molecule has 0 bridgehead atoms. The SMILES string of the molecule is CC(=O)Cn1c(=O)[nH]c2sc(C)cc2c1=O. The van der Waals surface area contributed by atoms with E-state index in [-0.39, 0.29) is 12.3 Å². The number of aryl methyl sites for hydroxylation is 1. The number of ketones is 1. The second kappa shape index (κ2) is 3.71. The monoisotopic (exact) mass is 238 g/mol. The average Bonchev–Trinajstić information content (AvgIpc) is 2.53. The van der Waals surface area contributed by atoms with Gasteiger partial charge in [0.1, 0.15) is 10.6 Å². The number of H-pyrrole nitrogens is 1. The number of nitrogens with one attached hydrogen (secondary N) is 1. The molecule has 2 heterocycles. The van der Waals surface area contributed by atoms with Crippen LogP contribution in [-0.4, -0.2) is 15.3 Å². The van der Waals surface area contributed by atoms with Gasteiger partial charge < -0.3 is 0 Å². The molecule has 0 saturated carbocycles. The van der Waals surface area contributed by atoms with Crippen LogP contribution < -0.4 is 11.2 Å². The van der Waals surface area contributed by atoms with Crippen molar-refractivity contribution in [1.82, 2.24) is 9.55 Å². The van der Waals surface area contributed by atoms with Crippen molar-refractivity contribution in [3.05, 3.63) is 31.8 Å². The Labute approximate surface area is 94.3 Å². The predicted molar refractivity (Wildman–Crippen MR) is 62.1 cm³/mol. The molecule has 0 aliphatic rings. The molecule has 0 radical (unpaired) electrons. The third-order valence-electron chi connectivity index (χ3n) is 2.18. The Morgan fingerprint density at radius 2 is 2.19 bits per heavy atom. The Bertz CT molecular complexity index is 677. The predicted octanol–water partition coefficient (Wildman–Crippen LogP) is 0.649. The number of carbonyl (C=O) groups excluding carboxylic acids is 1. The van der Waals surface area contributed by atoms with Gasteiger partial charge in [-0.15, -0.1) is 11.3 Å². The van der Waals surface area contributed by atoms with Crippen LogP contribution in [0.4, 0.5) is 0 Å². The highest BCUT2D eigenvalue weighted by Gasteiger charge is 2.10. The van der Waals surface area contributed by atoms with E-state index in [2.05, 4.69) is 4.98 Å². The molecule has 1 N–H and O–H groups in total. The lowest BCUT2D eigenvalue weighted by atomic mass is 10.3. The van der Waals surface area contributed by atoms with E-state index < -0.39 is 11.2 Å². The smallest absolute Gasteiger partial charge is 0.298 e. The molecule has 16 heavy (non-hydrogen) atoms. The summed E-state index contributed by atoms with van der Waals surface area (Å²) in [6.07, 6.45) is 0. The van der Waals surface area contributed by atoms with E-state index in [0.717, 1.165) is 9.44 Å². The van der Waals surface area contributed by atoms with Crippen LogP contribution in [0.2, 0.25) is 0 Å². The van der Waals surface area contributed by atoms with Gasteiger partial charge in [-0.1, -0.05) is 0 Å². The van der Waals surface area contributed by atoms with E-state index in [9.17, 15) is 14.4 Å². The Kier molecular flexibility index (Phi) is 2.51. The zero-order valence-corrected chi connectivity index (χ0v) is 9.68. The van der Waals surface area contributed by atoms with E-state index in [1.807, 2.05) is 6.92 Å². The van der Waals surface area contributed by atoms with Crippen molar-refractivity contribution in [2.45, 2.75) is 20.4 Å². The molecule has 2 rings (SSSR count). The van der Waals surface area contributed by atoms with Gasteiger partial charge in [0.25, 0.3) is 5.56 Å². The molecule has 0 aliphatic heterocycles. The number of hydrogen-bond donors (Lipinski definition) is 1. The topological polar surface area (TPSA) is 71.9 Å². The molecule has 0 fully saturated rings. The lowest BCUT2D eigenvalue weighted by Gasteiger charge is -2.00. The Balaban J connectivity index is 2.80. The first-order chi connectivity index (χ1) is 7.49. The van der Waals surface area contributed by atoms with Crippen LogP contribution >= 0.6 is 11.3 Å². The first-order valence-electron chi connectivity index (χ1n) is 4.71. The normalized spacial score (nSPS) is 10.9. The summed E-state index contributed by atoms with van der Waals surface area (Å²) in [5, 5.41) is 0.461. The van der Waals surface area contributed by atoms with Gasteiger partial charge in [-0.2, -0.15) is 0 Å². The summed E-state index contributed by atoms with van der Waals surface area (Å²) in [5.41, 5.74) is -0.937. The summed E-state index contributed by atoms with van der Waals surface area (Å²) in [6.45, 7) is 3.02. The number of thiophene rings is 1.